The van der Waals surface area contributed by atoms with E-state index < -0.39 is 35.8 Å². The lowest BCUT2D eigenvalue weighted by Crippen LogP contribution is -2.58. The Bertz CT molecular complexity index is 949. The van der Waals surface area contributed by atoms with Crippen molar-refractivity contribution >= 4 is 17.4 Å². The summed E-state index contributed by atoms with van der Waals surface area (Å²) in [6.45, 7) is 5.16. The van der Waals surface area contributed by atoms with Crippen molar-refractivity contribution < 1.29 is 28.2 Å². The molecule has 0 unspecified atom stereocenters. The molecule has 8 heteroatoms. The topological polar surface area (TPSA) is 87.7 Å². The first kappa shape index (κ1) is 26.0. The van der Waals surface area contributed by atoms with Gasteiger partial charge in [-0.25, -0.2) is 13.6 Å². The predicted octanol–water partition coefficient (Wildman–Crippen LogP) is 4.48. The minimum absolute atomic E-state index is 0.0806. The number of nitrogens with one attached hydrogen (secondary N) is 2. The molecule has 0 fully saturated rings. The highest BCUT2D eigenvalue weighted by Gasteiger charge is 2.37. The smallest absolute Gasteiger partial charge is 0.331 e. The van der Waals surface area contributed by atoms with E-state index in [-0.39, 0.29) is 36.1 Å². The number of rotatable bonds is 10. The fourth-order valence-electron chi connectivity index (χ4n) is 4.69. The minimum atomic E-state index is -1.09. The van der Waals surface area contributed by atoms with Crippen LogP contribution >= 0.6 is 0 Å². The highest BCUT2D eigenvalue weighted by Crippen LogP contribution is 2.30. The third-order valence-corrected chi connectivity index (χ3v) is 6.59. The van der Waals surface area contributed by atoms with E-state index in [2.05, 4.69) is 10.6 Å². The molecule has 0 aromatic heterocycles. The van der Waals surface area contributed by atoms with Gasteiger partial charge in [-0.2, -0.15) is 0 Å². The molecule has 2 aliphatic rings. The highest BCUT2D eigenvalue weighted by atomic mass is 19.1. The maximum absolute atomic E-state index is 14.9. The number of hydrogen-bond donors (Lipinski definition) is 3. The number of aliphatic carboxylic acids is 1. The van der Waals surface area contributed by atoms with Crippen LogP contribution in [0.1, 0.15) is 70.4 Å². The van der Waals surface area contributed by atoms with Crippen molar-refractivity contribution in [3.63, 3.8) is 0 Å². The van der Waals surface area contributed by atoms with Crippen LogP contribution < -0.4 is 10.6 Å². The van der Waals surface area contributed by atoms with E-state index in [9.17, 15) is 23.5 Å². The molecule has 0 spiro atoms. The van der Waals surface area contributed by atoms with Gasteiger partial charge in [-0.05, 0) is 67.9 Å². The van der Waals surface area contributed by atoms with Crippen LogP contribution in [-0.2, 0) is 20.9 Å². The second-order valence-corrected chi connectivity index (χ2v) is 8.99. The van der Waals surface area contributed by atoms with Gasteiger partial charge in [0, 0.05) is 30.6 Å². The van der Waals surface area contributed by atoms with Gasteiger partial charge in [-0.1, -0.05) is 19.9 Å². The summed E-state index contributed by atoms with van der Waals surface area (Å²) in [7, 11) is 0. The minimum Gasteiger partial charge on any atom is -0.478 e. The van der Waals surface area contributed by atoms with E-state index in [1.165, 1.54) is 25.1 Å². The Morgan fingerprint density at radius 3 is 2.41 bits per heavy atom. The molecular weight excluding hydrogens is 442 g/mol. The number of carbonyl (C=O) groups is 2. The van der Waals surface area contributed by atoms with Gasteiger partial charge in [0.2, 0.25) is 5.91 Å². The Balaban J connectivity index is 1.84. The Labute approximate surface area is 199 Å². The van der Waals surface area contributed by atoms with Crippen molar-refractivity contribution in [3.05, 3.63) is 52.6 Å². The molecule has 0 radical (unpaired) electrons. The molecule has 0 heterocycles. The molecular formula is C26H34F2N2O4. The number of benzene rings is 1. The SMILES string of the molecule is CCC(CC)O[C@@H]1C=C(C(=O)O)C[C@H](NCc2c(F)cc(C3=CCCC3)cc2F)[C@H]1NC(C)=O. The molecule has 0 saturated carbocycles. The van der Waals surface area contributed by atoms with E-state index in [1.54, 1.807) is 0 Å². The Kier molecular flexibility index (Phi) is 8.97. The van der Waals surface area contributed by atoms with Crippen LogP contribution in [0, 0.1) is 11.6 Å². The van der Waals surface area contributed by atoms with Gasteiger partial charge in [0.15, 0.2) is 0 Å². The van der Waals surface area contributed by atoms with Crippen LogP contribution in [0.4, 0.5) is 8.78 Å². The van der Waals surface area contributed by atoms with Gasteiger partial charge in [-0.3, -0.25) is 4.79 Å². The number of hydrogen-bond acceptors (Lipinski definition) is 4. The lowest BCUT2D eigenvalue weighted by Gasteiger charge is -2.38. The first-order chi connectivity index (χ1) is 16.2. The second-order valence-electron chi connectivity index (χ2n) is 8.99. The molecule has 3 rings (SSSR count). The number of carboxylic acid groups (broad SMARTS) is 1. The van der Waals surface area contributed by atoms with Crippen molar-refractivity contribution in [2.75, 3.05) is 0 Å². The Hall–Kier alpha value is -2.58. The molecule has 34 heavy (non-hydrogen) atoms. The van der Waals surface area contributed by atoms with Crippen molar-refractivity contribution in [1.29, 1.82) is 0 Å². The molecule has 1 aromatic carbocycles. The Morgan fingerprint density at radius 2 is 1.88 bits per heavy atom. The third kappa shape index (κ3) is 6.30. The summed E-state index contributed by atoms with van der Waals surface area (Å²) in [5, 5.41) is 15.6. The molecule has 3 N–H and O–H groups in total. The summed E-state index contributed by atoms with van der Waals surface area (Å²) in [5.41, 5.74) is 1.53. The number of ether oxygens (including phenoxy) is 1. The van der Waals surface area contributed by atoms with E-state index in [1.807, 2.05) is 19.9 Å². The fourth-order valence-corrected chi connectivity index (χ4v) is 4.69. The van der Waals surface area contributed by atoms with Crippen molar-refractivity contribution in [2.24, 2.45) is 0 Å². The van der Waals surface area contributed by atoms with Gasteiger partial charge in [-0.15, -0.1) is 0 Å². The zero-order valence-corrected chi connectivity index (χ0v) is 20.0. The summed E-state index contributed by atoms with van der Waals surface area (Å²) in [5.74, 6) is -2.69. The van der Waals surface area contributed by atoms with Crippen molar-refractivity contribution in [3.8, 4) is 0 Å². The van der Waals surface area contributed by atoms with Gasteiger partial charge >= 0.3 is 5.97 Å². The first-order valence-electron chi connectivity index (χ1n) is 12.0. The van der Waals surface area contributed by atoms with Gasteiger partial charge < -0.3 is 20.5 Å². The van der Waals surface area contributed by atoms with E-state index in [4.69, 9.17) is 4.74 Å². The van der Waals surface area contributed by atoms with Crippen LogP contribution in [0.15, 0.2) is 29.9 Å². The van der Waals surface area contributed by atoms with E-state index in [0.717, 1.165) is 37.7 Å². The zero-order valence-electron chi connectivity index (χ0n) is 20.0. The summed E-state index contributed by atoms with van der Waals surface area (Å²) >= 11 is 0. The predicted molar refractivity (Wildman–Crippen MR) is 126 cm³/mol. The summed E-state index contributed by atoms with van der Waals surface area (Å²) in [6.07, 6.45) is 6.98. The van der Waals surface area contributed by atoms with E-state index >= 15 is 0 Å². The maximum atomic E-state index is 14.9. The quantitative estimate of drug-likeness (QED) is 0.463. The fraction of sp³-hybridized carbons (Fsp3) is 0.538. The molecule has 2 aliphatic carbocycles. The standard InChI is InChI=1S/C26H34F2N2O4/c1-4-19(5-2)34-24-13-18(26(32)33)12-23(25(24)30-15(3)31)29-14-20-21(27)10-17(11-22(20)28)16-8-6-7-9-16/h8,10-11,13,19,23-25,29H,4-7,9,12,14H2,1-3H3,(H,30,31)(H,32,33)/t23-,24+,25+/m0/s1. The number of amides is 1. The lowest BCUT2D eigenvalue weighted by molar-refractivity contribution is -0.133. The van der Waals surface area contributed by atoms with Crippen LogP contribution in [0.2, 0.25) is 0 Å². The molecule has 0 aliphatic heterocycles. The summed E-state index contributed by atoms with van der Waals surface area (Å²) < 4.78 is 35.9. The monoisotopic (exact) mass is 476 g/mol. The number of carboxylic acids is 1. The number of allylic oxidation sites excluding steroid dienone is 2. The van der Waals surface area contributed by atoms with Gasteiger partial charge in [0.05, 0.1) is 18.2 Å². The average molecular weight is 477 g/mol. The van der Waals surface area contributed by atoms with Crippen LogP contribution in [-0.4, -0.2) is 41.3 Å². The normalized spacial score (nSPS) is 22.5. The Morgan fingerprint density at radius 1 is 1.21 bits per heavy atom. The highest BCUT2D eigenvalue weighted by molar-refractivity contribution is 5.87. The number of halogens is 2. The summed E-state index contributed by atoms with van der Waals surface area (Å²) in [6, 6.07) is 1.53. The lowest BCUT2D eigenvalue weighted by atomic mass is 9.87. The maximum Gasteiger partial charge on any atom is 0.331 e. The molecule has 6 nitrogen and oxygen atoms in total. The molecule has 186 valence electrons. The largest absolute Gasteiger partial charge is 0.478 e. The van der Waals surface area contributed by atoms with E-state index in [0.29, 0.717) is 5.56 Å². The molecule has 0 saturated heterocycles. The average Bonchev–Trinajstić information content (AvgIpc) is 3.32. The van der Waals surface area contributed by atoms with Gasteiger partial charge in [0.25, 0.3) is 0 Å². The molecule has 0 bridgehead atoms. The number of carbonyl (C=O) groups excluding carboxylic acids is 1. The first-order valence-corrected chi connectivity index (χ1v) is 12.0. The third-order valence-electron chi connectivity index (χ3n) is 6.59. The van der Waals surface area contributed by atoms with Crippen LogP contribution in [0.3, 0.4) is 0 Å². The zero-order chi connectivity index (χ0) is 24.8. The molecule has 1 amide bonds. The van der Waals surface area contributed by atoms with Crippen molar-refractivity contribution in [2.45, 2.75) is 90.1 Å². The van der Waals surface area contributed by atoms with Crippen molar-refractivity contribution in [1.82, 2.24) is 10.6 Å². The van der Waals surface area contributed by atoms with Crippen LogP contribution in [0.5, 0.6) is 0 Å². The van der Waals surface area contributed by atoms with Crippen LogP contribution in [0.25, 0.3) is 5.57 Å². The van der Waals surface area contributed by atoms with Gasteiger partial charge in [0.1, 0.15) is 11.6 Å². The molecule has 3 atom stereocenters. The molecule has 1 aromatic rings. The second kappa shape index (κ2) is 11.7. The summed E-state index contributed by atoms with van der Waals surface area (Å²) in [4.78, 5) is 23.7.